The Morgan fingerprint density at radius 2 is 1.66 bits per heavy atom. The topological polar surface area (TPSA) is 127 Å². The molecule has 2 aromatic carbocycles. The summed E-state index contributed by atoms with van der Waals surface area (Å²) < 4.78 is 21.3. The third-order valence-corrected chi connectivity index (χ3v) is 5.87. The number of rotatable bonds is 11. The smallest absolute Gasteiger partial charge is 0.404 e. The molecule has 0 radical (unpaired) electrons. The van der Waals surface area contributed by atoms with Crippen molar-refractivity contribution in [3.05, 3.63) is 78.3 Å². The van der Waals surface area contributed by atoms with Crippen molar-refractivity contribution in [2.45, 2.75) is 71.5 Å². The fourth-order valence-electron chi connectivity index (χ4n) is 4.00. The minimum absolute atomic E-state index is 0.127. The summed E-state index contributed by atoms with van der Waals surface area (Å²) in [6, 6.07) is 19.3. The number of primary amides is 1. The molecular formula is C32H39N3O6. The first-order chi connectivity index (χ1) is 19.6. The first-order valence-corrected chi connectivity index (χ1v) is 13.7. The Balaban J connectivity index is 0.000000352. The van der Waals surface area contributed by atoms with Crippen LogP contribution in [0.25, 0.3) is 22.2 Å². The zero-order chi connectivity index (χ0) is 29.7. The Morgan fingerprint density at radius 1 is 0.951 bits per heavy atom. The number of carbonyl (C=O) groups excluding carboxylic acids is 2. The zero-order valence-electron chi connectivity index (χ0n) is 24.2. The number of carbonyl (C=O) groups is 2. The van der Waals surface area contributed by atoms with Crippen molar-refractivity contribution in [2.75, 3.05) is 7.11 Å². The number of nitrogens with two attached hydrogens (primary N) is 1. The van der Waals surface area contributed by atoms with Gasteiger partial charge in [-0.25, -0.2) is 14.8 Å². The molecule has 0 aliphatic rings. The van der Waals surface area contributed by atoms with Gasteiger partial charge in [0.1, 0.15) is 12.2 Å². The molecule has 4 rings (SSSR count). The highest BCUT2D eigenvalue weighted by Crippen LogP contribution is 2.32. The van der Waals surface area contributed by atoms with Crippen LogP contribution in [0.3, 0.4) is 0 Å². The summed E-state index contributed by atoms with van der Waals surface area (Å²) >= 11 is 0. The van der Waals surface area contributed by atoms with Gasteiger partial charge in [0, 0.05) is 18.2 Å². The molecule has 9 heteroatoms. The summed E-state index contributed by atoms with van der Waals surface area (Å²) in [7, 11) is 1.61. The number of ether oxygens (including phenoxy) is 3. The van der Waals surface area contributed by atoms with Crippen molar-refractivity contribution in [1.82, 2.24) is 9.97 Å². The van der Waals surface area contributed by atoms with E-state index in [4.69, 9.17) is 19.6 Å². The molecule has 4 aromatic rings. The van der Waals surface area contributed by atoms with Gasteiger partial charge in [0.25, 0.3) is 0 Å². The van der Waals surface area contributed by atoms with E-state index in [0.717, 1.165) is 54.1 Å². The van der Waals surface area contributed by atoms with Gasteiger partial charge in [0.2, 0.25) is 5.88 Å². The Kier molecular flexibility index (Phi) is 11.7. The highest BCUT2D eigenvalue weighted by Gasteiger charge is 2.16. The van der Waals surface area contributed by atoms with Gasteiger partial charge in [0.15, 0.2) is 11.7 Å². The lowest BCUT2D eigenvalue weighted by Gasteiger charge is -2.19. The maximum absolute atomic E-state index is 11.7. The van der Waals surface area contributed by atoms with Crippen LogP contribution >= 0.6 is 0 Å². The second-order valence-corrected chi connectivity index (χ2v) is 10.5. The van der Waals surface area contributed by atoms with Crippen molar-refractivity contribution in [1.29, 1.82) is 0 Å². The molecule has 0 saturated heterocycles. The number of pyridine rings is 1. The van der Waals surface area contributed by atoms with E-state index in [-0.39, 0.29) is 12.6 Å². The van der Waals surface area contributed by atoms with Gasteiger partial charge in [-0.1, -0.05) is 61.4 Å². The first-order valence-electron chi connectivity index (χ1n) is 13.7. The van der Waals surface area contributed by atoms with Crippen LogP contribution < -0.4 is 10.5 Å². The molecule has 9 nitrogen and oxygen atoms in total. The molecule has 0 fully saturated rings. The number of hydrogen-bond acceptors (Lipinski definition) is 8. The summed E-state index contributed by atoms with van der Waals surface area (Å²) in [5, 5.41) is 1.02. The van der Waals surface area contributed by atoms with Gasteiger partial charge in [0.05, 0.1) is 24.4 Å². The molecular weight excluding hydrogens is 522 g/mol. The van der Waals surface area contributed by atoms with Crippen LogP contribution in [0.2, 0.25) is 0 Å². The van der Waals surface area contributed by atoms with Crippen LogP contribution in [0.15, 0.2) is 71.3 Å². The van der Waals surface area contributed by atoms with Gasteiger partial charge in [-0.05, 0) is 51.3 Å². The van der Waals surface area contributed by atoms with Crippen LogP contribution in [0.1, 0.15) is 64.3 Å². The van der Waals surface area contributed by atoms with Crippen molar-refractivity contribution >= 4 is 23.0 Å². The van der Waals surface area contributed by atoms with Gasteiger partial charge < -0.3 is 24.4 Å². The summed E-state index contributed by atoms with van der Waals surface area (Å²) in [6.45, 7) is 5.91. The van der Waals surface area contributed by atoms with Crippen molar-refractivity contribution < 1.29 is 28.2 Å². The number of oxazole rings is 1. The monoisotopic (exact) mass is 561 g/mol. The number of aryl methyl sites for hydroxylation is 1. The van der Waals surface area contributed by atoms with E-state index in [9.17, 15) is 9.59 Å². The van der Waals surface area contributed by atoms with E-state index in [1.165, 1.54) is 0 Å². The number of unbranched alkanes of at least 4 members (excludes halogenated alkanes) is 3. The number of benzene rings is 2. The second kappa shape index (κ2) is 15.4. The number of fused-ring (bicyclic) bond motifs is 1. The Bertz CT molecular complexity index is 1400. The lowest BCUT2D eigenvalue weighted by atomic mass is 10.1. The quantitative estimate of drug-likeness (QED) is 0.153. The average molecular weight is 562 g/mol. The molecule has 218 valence electrons. The van der Waals surface area contributed by atoms with Gasteiger partial charge >= 0.3 is 12.1 Å². The van der Waals surface area contributed by atoms with Crippen LogP contribution in [-0.4, -0.2) is 34.7 Å². The molecule has 2 aromatic heterocycles. The fraction of sp³-hybridized carbons (Fsp3) is 0.375. The van der Waals surface area contributed by atoms with Crippen LogP contribution in [0, 0.1) is 0 Å². The van der Waals surface area contributed by atoms with E-state index in [1.54, 1.807) is 13.3 Å². The Morgan fingerprint density at radius 3 is 2.37 bits per heavy atom. The summed E-state index contributed by atoms with van der Waals surface area (Å²) in [5.74, 6) is 1.76. The molecule has 41 heavy (non-hydrogen) atoms. The molecule has 2 N–H and O–H groups in total. The SMILES string of the molecule is COc1nc2ccccc2cc1-c1cnc(CCCCCCC(=O)OC(C)(C)C)o1.NC(=O)OCc1ccccc1. The standard InChI is InChI=1S/C24H30N2O4.C8H9NO2/c1-24(2,3)30-22(27)14-8-6-5-7-13-21-25-16-20(29-21)18-15-17-11-9-10-12-19(17)26-23(18)28-4;9-8(10)11-6-7-4-2-1-3-5-7/h9-12,15-16H,5-8,13-14H2,1-4H3;1-5H,6H2,(H2,9,10). The van der Waals surface area contributed by atoms with Crippen molar-refractivity contribution in [3.8, 4) is 17.2 Å². The van der Waals surface area contributed by atoms with Gasteiger partial charge in [-0.2, -0.15) is 0 Å². The predicted octanol–water partition coefficient (Wildman–Crippen LogP) is 7.02. The minimum Gasteiger partial charge on any atom is -0.480 e. The average Bonchev–Trinajstić information content (AvgIpc) is 3.42. The zero-order valence-corrected chi connectivity index (χ0v) is 24.2. The number of nitrogens with zero attached hydrogens (tertiary/aromatic N) is 2. The normalized spacial score (nSPS) is 10.9. The summed E-state index contributed by atoms with van der Waals surface area (Å²) in [6.07, 6.45) is 6.01. The molecule has 0 bridgehead atoms. The summed E-state index contributed by atoms with van der Waals surface area (Å²) in [5.41, 5.74) is 6.98. The number of amides is 1. The fourth-order valence-corrected chi connectivity index (χ4v) is 4.00. The molecule has 2 heterocycles. The predicted molar refractivity (Wildman–Crippen MR) is 157 cm³/mol. The minimum atomic E-state index is -0.742. The molecule has 1 amide bonds. The lowest BCUT2D eigenvalue weighted by molar-refractivity contribution is -0.154. The highest BCUT2D eigenvalue weighted by atomic mass is 16.6. The van der Waals surface area contributed by atoms with E-state index in [1.807, 2.05) is 81.4 Å². The number of aromatic nitrogens is 2. The molecule has 0 aliphatic carbocycles. The largest absolute Gasteiger partial charge is 0.480 e. The third kappa shape index (κ3) is 10.9. The number of para-hydroxylation sites is 1. The molecule has 0 aliphatic heterocycles. The lowest BCUT2D eigenvalue weighted by Crippen LogP contribution is -2.23. The first kappa shape index (κ1) is 31.1. The van der Waals surface area contributed by atoms with E-state index in [2.05, 4.69) is 14.7 Å². The van der Waals surface area contributed by atoms with Gasteiger partial charge in [-0.15, -0.1) is 0 Å². The highest BCUT2D eigenvalue weighted by molar-refractivity contribution is 5.85. The van der Waals surface area contributed by atoms with Crippen LogP contribution in [-0.2, 0) is 27.3 Å². The van der Waals surface area contributed by atoms with E-state index < -0.39 is 11.7 Å². The maximum Gasteiger partial charge on any atom is 0.404 e. The number of hydrogen-bond donors (Lipinski definition) is 1. The van der Waals surface area contributed by atoms with Crippen molar-refractivity contribution in [3.63, 3.8) is 0 Å². The second-order valence-electron chi connectivity index (χ2n) is 10.5. The summed E-state index contributed by atoms with van der Waals surface area (Å²) in [4.78, 5) is 30.9. The molecule has 0 spiro atoms. The van der Waals surface area contributed by atoms with Crippen LogP contribution in [0.4, 0.5) is 4.79 Å². The van der Waals surface area contributed by atoms with Crippen molar-refractivity contribution in [2.24, 2.45) is 5.73 Å². The Hall–Kier alpha value is -4.40. The molecule has 0 atom stereocenters. The number of esters is 1. The number of methoxy groups -OCH3 is 1. The Labute approximate surface area is 241 Å². The van der Waals surface area contributed by atoms with E-state index >= 15 is 0 Å². The van der Waals surface area contributed by atoms with Gasteiger partial charge in [-0.3, -0.25) is 4.79 Å². The maximum atomic E-state index is 11.7. The third-order valence-electron chi connectivity index (χ3n) is 5.87. The van der Waals surface area contributed by atoms with E-state index in [0.29, 0.717) is 24.0 Å². The van der Waals surface area contributed by atoms with Crippen LogP contribution in [0.5, 0.6) is 5.88 Å². The molecule has 0 unspecified atom stereocenters. The molecule has 0 saturated carbocycles.